The first kappa shape index (κ1) is 14.0. The number of nitrogens with one attached hydrogen (secondary N) is 1. The Labute approximate surface area is 127 Å². The van der Waals surface area contributed by atoms with Crippen molar-refractivity contribution in [2.75, 3.05) is 19.6 Å². The molecule has 1 aliphatic heterocycles. The Morgan fingerprint density at radius 2 is 2.20 bits per heavy atom. The van der Waals surface area contributed by atoms with E-state index in [4.69, 9.17) is 0 Å². The molecule has 1 N–H and O–H groups in total. The summed E-state index contributed by atoms with van der Waals surface area (Å²) < 4.78 is 2.47. The third-order valence-corrected chi connectivity index (χ3v) is 5.91. The Morgan fingerprint density at radius 3 is 2.90 bits per heavy atom. The normalized spacial score (nSPS) is 16.6. The molecule has 0 bridgehead atoms. The Balaban J connectivity index is 1.82. The number of thiophene rings is 2. The molecule has 5 heteroatoms. The van der Waals surface area contributed by atoms with E-state index >= 15 is 0 Å². The van der Waals surface area contributed by atoms with Gasteiger partial charge >= 0.3 is 0 Å². The van der Waals surface area contributed by atoms with Gasteiger partial charge in [-0.3, -0.25) is 4.79 Å². The minimum Gasteiger partial charge on any atom is -0.335 e. The van der Waals surface area contributed by atoms with Crippen LogP contribution in [-0.4, -0.2) is 36.5 Å². The number of hydrogen-bond donors (Lipinski definition) is 1. The fraction of sp³-hybridized carbons (Fsp3) is 0.533. The minimum atomic E-state index is 0.229. The topological polar surface area (TPSA) is 32.3 Å². The molecule has 0 unspecified atom stereocenters. The van der Waals surface area contributed by atoms with E-state index in [2.05, 4.69) is 34.7 Å². The second-order valence-electron chi connectivity index (χ2n) is 5.24. The summed E-state index contributed by atoms with van der Waals surface area (Å²) in [5.41, 5.74) is 0. The second kappa shape index (κ2) is 6.24. The van der Waals surface area contributed by atoms with E-state index in [1.54, 1.807) is 22.7 Å². The van der Waals surface area contributed by atoms with Crippen molar-refractivity contribution < 1.29 is 4.79 Å². The van der Waals surface area contributed by atoms with Crippen LogP contribution in [0, 0.1) is 0 Å². The van der Waals surface area contributed by atoms with Gasteiger partial charge in [0.25, 0.3) is 5.91 Å². The fourth-order valence-electron chi connectivity index (χ4n) is 2.82. The van der Waals surface area contributed by atoms with E-state index in [0.29, 0.717) is 6.04 Å². The lowest BCUT2D eigenvalue weighted by molar-refractivity contribution is 0.0648. The molecule has 1 saturated heterocycles. The van der Waals surface area contributed by atoms with Crippen molar-refractivity contribution in [3.05, 3.63) is 22.4 Å². The molecule has 108 valence electrons. The van der Waals surface area contributed by atoms with E-state index in [9.17, 15) is 4.79 Å². The van der Waals surface area contributed by atoms with Crippen molar-refractivity contribution >= 4 is 38.0 Å². The van der Waals surface area contributed by atoms with E-state index < -0.39 is 0 Å². The molecule has 2 aromatic rings. The van der Waals surface area contributed by atoms with Crippen LogP contribution in [0.5, 0.6) is 0 Å². The van der Waals surface area contributed by atoms with Gasteiger partial charge in [0.1, 0.15) is 0 Å². The molecule has 0 spiro atoms. The highest BCUT2D eigenvalue weighted by Gasteiger charge is 2.26. The standard InChI is InChI=1S/C15H20N2OS2/c1-2-8-17(11-3-6-16-7-4-11)15(18)14-10-13-12(20-14)5-9-19-13/h5,9-11,16H,2-4,6-8H2,1H3. The van der Waals surface area contributed by atoms with Crippen LogP contribution in [0.2, 0.25) is 0 Å². The summed E-state index contributed by atoms with van der Waals surface area (Å²) in [4.78, 5) is 15.8. The van der Waals surface area contributed by atoms with E-state index in [-0.39, 0.29) is 5.91 Å². The molecule has 1 amide bonds. The molecule has 1 aliphatic rings. The van der Waals surface area contributed by atoms with Gasteiger partial charge in [0.05, 0.1) is 4.88 Å². The van der Waals surface area contributed by atoms with Gasteiger partial charge in [-0.05, 0) is 49.9 Å². The summed E-state index contributed by atoms with van der Waals surface area (Å²) in [7, 11) is 0. The molecule has 2 aromatic heterocycles. The summed E-state index contributed by atoms with van der Waals surface area (Å²) in [5.74, 6) is 0.229. The number of carbonyl (C=O) groups excluding carboxylic acids is 1. The van der Waals surface area contributed by atoms with Gasteiger partial charge in [-0.1, -0.05) is 6.92 Å². The molecule has 3 rings (SSSR count). The number of amides is 1. The van der Waals surface area contributed by atoms with Crippen molar-refractivity contribution in [1.82, 2.24) is 10.2 Å². The van der Waals surface area contributed by atoms with Crippen LogP contribution in [0.1, 0.15) is 35.9 Å². The van der Waals surface area contributed by atoms with Gasteiger partial charge in [0.2, 0.25) is 0 Å². The fourth-order valence-corrected chi connectivity index (χ4v) is 4.89. The van der Waals surface area contributed by atoms with Crippen LogP contribution in [-0.2, 0) is 0 Å². The second-order valence-corrected chi connectivity index (χ2v) is 7.27. The van der Waals surface area contributed by atoms with Crippen LogP contribution < -0.4 is 5.32 Å². The number of rotatable bonds is 4. The van der Waals surface area contributed by atoms with E-state index in [0.717, 1.165) is 43.8 Å². The lowest BCUT2D eigenvalue weighted by atomic mass is 10.0. The molecule has 0 aliphatic carbocycles. The highest BCUT2D eigenvalue weighted by atomic mass is 32.1. The highest BCUT2D eigenvalue weighted by molar-refractivity contribution is 7.27. The van der Waals surface area contributed by atoms with Crippen LogP contribution in [0.15, 0.2) is 17.5 Å². The molecule has 0 radical (unpaired) electrons. The van der Waals surface area contributed by atoms with Gasteiger partial charge in [0, 0.05) is 22.0 Å². The average molecular weight is 308 g/mol. The number of piperidine rings is 1. The van der Waals surface area contributed by atoms with Crippen molar-refractivity contribution in [3.8, 4) is 0 Å². The summed E-state index contributed by atoms with van der Waals surface area (Å²) >= 11 is 3.35. The van der Waals surface area contributed by atoms with Gasteiger partial charge in [0.15, 0.2) is 0 Å². The zero-order chi connectivity index (χ0) is 13.9. The van der Waals surface area contributed by atoms with Gasteiger partial charge < -0.3 is 10.2 Å². The number of nitrogens with zero attached hydrogens (tertiary/aromatic N) is 1. The smallest absolute Gasteiger partial charge is 0.264 e. The van der Waals surface area contributed by atoms with Crippen LogP contribution in [0.3, 0.4) is 0 Å². The van der Waals surface area contributed by atoms with Gasteiger partial charge in [-0.2, -0.15) is 0 Å². The summed E-state index contributed by atoms with van der Waals surface area (Å²) in [6.45, 7) is 5.07. The molecule has 0 saturated carbocycles. The summed E-state index contributed by atoms with van der Waals surface area (Å²) in [5, 5.41) is 5.46. The maximum atomic E-state index is 12.8. The predicted molar refractivity (Wildman–Crippen MR) is 86.9 cm³/mol. The molecular formula is C15H20N2OS2. The third-order valence-electron chi connectivity index (χ3n) is 3.82. The van der Waals surface area contributed by atoms with Crippen molar-refractivity contribution in [3.63, 3.8) is 0 Å². The molecule has 0 aromatic carbocycles. The zero-order valence-electron chi connectivity index (χ0n) is 11.7. The van der Waals surface area contributed by atoms with Crippen molar-refractivity contribution in [2.24, 2.45) is 0 Å². The lowest BCUT2D eigenvalue weighted by Gasteiger charge is -2.34. The molecule has 20 heavy (non-hydrogen) atoms. The first-order chi connectivity index (χ1) is 9.79. The first-order valence-electron chi connectivity index (χ1n) is 7.28. The number of fused-ring (bicyclic) bond motifs is 1. The maximum Gasteiger partial charge on any atom is 0.264 e. The summed E-state index contributed by atoms with van der Waals surface area (Å²) in [6, 6.07) is 4.58. The largest absolute Gasteiger partial charge is 0.335 e. The van der Waals surface area contributed by atoms with Crippen LogP contribution >= 0.6 is 22.7 Å². The van der Waals surface area contributed by atoms with Gasteiger partial charge in [-0.15, -0.1) is 22.7 Å². The zero-order valence-corrected chi connectivity index (χ0v) is 13.4. The Kier molecular flexibility index (Phi) is 4.38. The molecular weight excluding hydrogens is 288 g/mol. The quantitative estimate of drug-likeness (QED) is 0.936. The Morgan fingerprint density at radius 1 is 1.40 bits per heavy atom. The molecule has 3 nitrogen and oxygen atoms in total. The van der Waals surface area contributed by atoms with Crippen LogP contribution in [0.4, 0.5) is 0 Å². The monoisotopic (exact) mass is 308 g/mol. The highest BCUT2D eigenvalue weighted by Crippen LogP contribution is 2.31. The average Bonchev–Trinajstić information content (AvgIpc) is 3.06. The lowest BCUT2D eigenvalue weighted by Crippen LogP contribution is -2.46. The van der Waals surface area contributed by atoms with E-state index in [1.807, 2.05) is 0 Å². The molecule has 3 heterocycles. The van der Waals surface area contributed by atoms with E-state index in [1.165, 1.54) is 9.40 Å². The Bertz CT molecular complexity index is 555. The van der Waals surface area contributed by atoms with Gasteiger partial charge in [-0.25, -0.2) is 0 Å². The molecule has 1 fully saturated rings. The predicted octanol–water partition coefficient (Wildman–Crippen LogP) is 3.57. The third kappa shape index (κ3) is 2.75. The summed E-state index contributed by atoms with van der Waals surface area (Å²) in [6.07, 6.45) is 3.17. The maximum absolute atomic E-state index is 12.8. The van der Waals surface area contributed by atoms with Crippen LogP contribution in [0.25, 0.3) is 9.40 Å². The van der Waals surface area contributed by atoms with Crippen molar-refractivity contribution in [1.29, 1.82) is 0 Å². The molecule has 0 atom stereocenters. The SMILES string of the molecule is CCCN(C(=O)c1cc2sccc2s1)C1CCNCC1. The number of carbonyl (C=O) groups is 1. The number of hydrogen-bond acceptors (Lipinski definition) is 4. The van der Waals surface area contributed by atoms with Crippen molar-refractivity contribution in [2.45, 2.75) is 32.2 Å². The minimum absolute atomic E-state index is 0.229. The Hall–Kier alpha value is -0.910. The first-order valence-corrected chi connectivity index (χ1v) is 8.98.